The molecule has 0 aromatic heterocycles. The van der Waals surface area contributed by atoms with Crippen molar-refractivity contribution in [2.24, 2.45) is 0 Å². The van der Waals surface area contributed by atoms with E-state index in [1.807, 2.05) is 42.5 Å². The first kappa shape index (κ1) is 10.5. The average molecular weight is 191 g/mol. The number of benzene rings is 1. The van der Waals surface area contributed by atoms with Gasteiger partial charge in [0.15, 0.2) is 0 Å². The Balaban J connectivity index is 2.25. The largest absolute Gasteiger partial charge is 0.480 e. The molecule has 14 heavy (non-hydrogen) atoms. The average Bonchev–Trinajstić information content (AvgIpc) is 2.18. The summed E-state index contributed by atoms with van der Waals surface area (Å²) in [6, 6.07) is 9.87. The fourth-order valence-corrected chi connectivity index (χ4v) is 1.02. The van der Waals surface area contributed by atoms with Gasteiger partial charge in [0.1, 0.15) is 0 Å². The van der Waals surface area contributed by atoms with E-state index < -0.39 is 5.97 Å². The minimum absolute atomic E-state index is 0.000863. The van der Waals surface area contributed by atoms with Crippen LogP contribution < -0.4 is 5.32 Å². The second kappa shape index (κ2) is 5.94. The fraction of sp³-hybridized carbons (Fsp3) is 0.182. The Morgan fingerprint density at radius 2 is 2.07 bits per heavy atom. The van der Waals surface area contributed by atoms with E-state index >= 15 is 0 Å². The number of carbonyl (C=O) groups is 1. The smallest absolute Gasteiger partial charge is 0.317 e. The SMILES string of the molecule is O=C(O)CNC/C=C/c1ccccc1. The molecule has 0 heterocycles. The molecule has 3 heteroatoms. The summed E-state index contributed by atoms with van der Waals surface area (Å²) in [5.41, 5.74) is 1.12. The number of aliphatic carboxylic acids is 1. The number of carboxylic acids is 1. The maximum Gasteiger partial charge on any atom is 0.317 e. The molecule has 2 N–H and O–H groups in total. The molecular weight excluding hydrogens is 178 g/mol. The third-order valence-electron chi connectivity index (χ3n) is 1.65. The van der Waals surface area contributed by atoms with Crippen LogP contribution in [0.15, 0.2) is 36.4 Å². The van der Waals surface area contributed by atoms with Crippen LogP contribution in [0.3, 0.4) is 0 Å². The zero-order chi connectivity index (χ0) is 10.2. The van der Waals surface area contributed by atoms with Crippen LogP contribution >= 0.6 is 0 Å². The van der Waals surface area contributed by atoms with Crippen molar-refractivity contribution >= 4 is 12.0 Å². The lowest BCUT2D eigenvalue weighted by Gasteiger charge is -1.95. The van der Waals surface area contributed by atoms with Crippen LogP contribution in [0.4, 0.5) is 0 Å². The molecule has 0 aliphatic heterocycles. The van der Waals surface area contributed by atoms with Gasteiger partial charge in [0.05, 0.1) is 6.54 Å². The number of nitrogens with one attached hydrogen (secondary N) is 1. The van der Waals surface area contributed by atoms with Crippen molar-refractivity contribution in [3.8, 4) is 0 Å². The van der Waals surface area contributed by atoms with E-state index in [9.17, 15) is 4.79 Å². The fourth-order valence-electron chi connectivity index (χ4n) is 1.02. The van der Waals surface area contributed by atoms with Gasteiger partial charge >= 0.3 is 5.97 Å². The van der Waals surface area contributed by atoms with E-state index in [1.54, 1.807) is 0 Å². The summed E-state index contributed by atoms with van der Waals surface area (Å²) in [5, 5.41) is 11.1. The Labute approximate surface area is 83.1 Å². The Morgan fingerprint density at radius 1 is 1.36 bits per heavy atom. The number of rotatable bonds is 5. The molecule has 3 nitrogen and oxygen atoms in total. The third kappa shape index (κ3) is 4.42. The standard InChI is InChI=1S/C11H13NO2/c13-11(14)9-12-8-4-7-10-5-2-1-3-6-10/h1-7,12H,8-9H2,(H,13,14)/b7-4+. The minimum atomic E-state index is -0.835. The van der Waals surface area contributed by atoms with Gasteiger partial charge in [-0.2, -0.15) is 0 Å². The van der Waals surface area contributed by atoms with Crippen molar-refractivity contribution in [2.75, 3.05) is 13.1 Å². The summed E-state index contributed by atoms with van der Waals surface area (Å²) in [5.74, 6) is -0.835. The predicted molar refractivity (Wildman–Crippen MR) is 56.0 cm³/mol. The van der Waals surface area contributed by atoms with Crippen LogP contribution in [0.1, 0.15) is 5.56 Å². The quantitative estimate of drug-likeness (QED) is 0.691. The van der Waals surface area contributed by atoms with Crippen molar-refractivity contribution in [3.05, 3.63) is 42.0 Å². The highest BCUT2D eigenvalue weighted by Crippen LogP contribution is 1.99. The molecule has 1 aromatic carbocycles. The van der Waals surface area contributed by atoms with Gasteiger partial charge in [-0.05, 0) is 5.56 Å². The number of hydrogen-bond acceptors (Lipinski definition) is 2. The highest BCUT2D eigenvalue weighted by molar-refractivity contribution is 5.69. The van der Waals surface area contributed by atoms with E-state index in [2.05, 4.69) is 5.32 Å². The molecule has 0 bridgehead atoms. The molecule has 0 radical (unpaired) electrons. The first-order valence-electron chi connectivity index (χ1n) is 4.43. The van der Waals surface area contributed by atoms with Crippen molar-refractivity contribution in [3.63, 3.8) is 0 Å². The number of carboxylic acid groups (broad SMARTS) is 1. The van der Waals surface area contributed by atoms with Crippen molar-refractivity contribution in [1.29, 1.82) is 0 Å². The molecule has 0 saturated carbocycles. The second-order valence-electron chi connectivity index (χ2n) is 2.84. The Kier molecular flexibility index (Phi) is 4.44. The Morgan fingerprint density at radius 3 is 2.71 bits per heavy atom. The summed E-state index contributed by atoms with van der Waals surface area (Å²) in [6.07, 6.45) is 3.85. The van der Waals surface area contributed by atoms with Gasteiger partial charge in [-0.25, -0.2) is 0 Å². The molecule has 1 aromatic rings. The van der Waals surface area contributed by atoms with Gasteiger partial charge in [-0.15, -0.1) is 0 Å². The molecule has 0 fully saturated rings. The van der Waals surface area contributed by atoms with E-state index in [1.165, 1.54) is 0 Å². The monoisotopic (exact) mass is 191 g/mol. The van der Waals surface area contributed by atoms with Crippen LogP contribution in [0.2, 0.25) is 0 Å². The van der Waals surface area contributed by atoms with Crippen LogP contribution in [0.5, 0.6) is 0 Å². The van der Waals surface area contributed by atoms with Crippen LogP contribution in [-0.4, -0.2) is 24.2 Å². The zero-order valence-corrected chi connectivity index (χ0v) is 7.81. The molecule has 0 saturated heterocycles. The van der Waals surface area contributed by atoms with E-state index in [4.69, 9.17) is 5.11 Å². The van der Waals surface area contributed by atoms with E-state index in [0.29, 0.717) is 6.54 Å². The lowest BCUT2D eigenvalue weighted by molar-refractivity contribution is -0.135. The lowest BCUT2D eigenvalue weighted by atomic mass is 10.2. The Bertz CT molecular complexity index is 306. The van der Waals surface area contributed by atoms with Crippen molar-refractivity contribution < 1.29 is 9.90 Å². The van der Waals surface area contributed by atoms with Gasteiger partial charge in [0.2, 0.25) is 0 Å². The predicted octanol–water partition coefficient (Wildman–Crippen LogP) is 1.37. The third-order valence-corrected chi connectivity index (χ3v) is 1.65. The van der Waals surface area contributed by atoms with E-state index in [-0.39, 0.29) is 6.54 Å². The molecule has 0 aliphatic rings. The van der Waals surface area contributed by atoms with E-state index in [0.717, 1.165) is 5.56 Å². The molecule has 0 atom stereocenters. The lowest BCUT2D eigenvalue weighted by Crippen LogP contribution is -2.22. The first-order valence-corrected chi connectivity index (χ1v) is 4.43. The zero-order valence-electron chi connectivity index (χ0n) is 7.81. The number of hydrogen-bond donors (Lipinski definition) is 2. The van der Waals surface area contributed by atoms with Gasteiger partial charge in [-0.1, -0.05) is 42.5 Å². The van der Waals surface area contributed by atoms with Crippen molar-refractivity contribution in [1.82, 2.24) is 5.32 Å². The van der Waals surface area contributed by atoms with Gasteiger partial charge in [0.25, 0.3) is 0 Å². The maximum absolute atomic E-state index is 10.1. The molecule has 0 spiro atoms. The van der Waals surface area contributed by atoms with Crippen LogP contribution in [0, 0.1) is 0 Å². The normalized spacial score (nSPS) is 10.6. The summed E-state index contributed by atoms with van der Waals surface area (Å²) < 4.78 is 0. The molecule has 74 valence electrons. The molecule has 0 unspecified atom stereocenters. The van der Waals surface area contributed by atoms with Crippen LogP contribution in [-0.2, 0) is 4.79 Å². The summed E-state index contributed by atoms with van der Waals surface area (Å²) in [7, 11) is 0. The summed E-state index contributed by atoms with van der Waals surface area (Å²) in [6.45, 7) is 0.570. The Hall–Kier alpha value is -1.61. The van der Waals surface area contributed by atoms with Gasteiger partial charge in [-0.3, -0.25) is 4.79 Å². The summed E-state index contributed by atoms with van der Waals surface area (Å²) >= 11 is 0. The molecular formula is C11H13NO2. The second-order valence-corrected chi connectivity index (χ2v) is 2.84. The summed E-state index contributed by atoms with van der Waals surface area (Å²) in [4.78, 5) is 10.1. The topological polar surface area (TPSA) is 49.3 Å². The minimum Gasteiger partial charge on any atom is -0.480 e. The molecule has 0 aliphatic carbocycles. The highest BCUT2D eigenvalue weighted by atomic mass is 16.4. The first-order chi connectivity index (χ1) is 6.79. The molecule has 0 amide bonds. The maximum atomic E-state index is 10.1. The van der Waals surface area contributed by atoms with Gasteiger partial charge < -0.3 is 10.4 Å². The van der Waals surface area contributed by atoms with Crippen molar-refractivity contribution in [2.45, 2.75) is 0 Å². The van der Waals surface area contributed by atoms with Gasteiger partial charge in [0, 0.05) is 6.54 Å². The highest BCUT2D eigenvalue weighted by Gasteiger charge is 1.91. The molecule has 1 rings (SSSR count). The van der Waals surface area contributed by atoms with Crippen LogP contribution in [0.25, 0.3) is 6.08 Å².